The van der Waals surface area contributed by atoms with Crippen molar-refractivity contribution in [1.29, 1.82) is 0 Å². The quantitative estimate of drug-likeness (QED) is 0.449. The van der Waals surface area contributed by atoms with Gasteiger partial charge < -0.3 is 15.2 Å². The van der Waals surface area contributed by atoms with Crippen LogP contribution in [0.3, 0.4) is 0 Å². The summed E-state index contributed by atoms with van der Waals surface area (Å²) in [5.41, 5.74) is 11.0. The molecule has 1 saturated heterocycles. The first kappa shape index (κ1) is 22.3. The van der Waals surface area contributed by atoms with Crippen molar-refractivity contribution in [3.8, 4) is 0 Å². The lowest BCUT2D eigenvalue weighted by molar-refractivity contribution is 0.0714. The molecule has 0 aliphatic carbocycles. The number of carbonyl (C=O) groups is 1. The SMILES string of the molecule is NCc1ccc(F)c(C2CCN(C(=O)c3cn(CCc4ccccc4)c4cccnc34)CC2)c1. The van der Waals surface area contributed by atoms with Crippen LogP contribution in [0.25, 0.3) is 11.0 Å². The van der Waals surface area contributed by atoms with Crippen molar-refractivity contribution in [1.82, 2.24) is 14.5 Å². The number of hydrogen-bond donors (Lipinski definition) is 1. The Kier molecular flexibility index (Phi) is 6.41. The van der Waals surface area contributed by atoms with Crippen molar-refractivity contribution < 1.29 is 9.18 Å². The van der Waals surface area contributed by atoms with Gasteiger partial charge in [0, 0.05) is 38.6 Å². The van der Waals surface area contributed by atoms with E-state index in [1.54, 1.807) is 12.3 Å². The predicted octanol–water partition coefficient (Wildman–Crippen LogP) is 4.90. The zero-order valence-electron chi connectivity index (χ0n) is 19.2. The number of amides is 1. The van der Waals surface area contributed by atoms with Gasteiger partial charge in [-0.3, -0.25) is 9.78 Å². The van der Waals surface area contributed by atoms with Crippen molar-refractivity contribution in [3.63, 3.8) is 0 Å². The Balaban J connectivity index is 1.32. The molecule has 1 amide bonds. The van der Waals surface area contributed by atoms with E-state index in [1.807, 2.05) is 47.5 Å². The van der Waals surface area contributed by atoms with E-state index >= 15 is 0 Å². The molecule has 0 bridgehead atoms. The van der Waals surface area contributed by atoms with Crippen LogP contribution in [0.2, 0.25) is 0 Å². The number of pyridine rings is 1. The van der Waals surface area contributed by atoms with Gasteiger partial charge in [0.25, 0.3) is 5.91 Å². The lowest BCUT2D eigenvalue weighted by Gasteiger charge is -2.32. The highest BCUT2D eigenvalue weighted by Crippen LogP contribution is 2.32. The predicted molar refractivity (Wildman–Crippen MR) is 132 cm³/mol. The molecule has 174 valence electrons. The highest BCUT2D eigenvalue weighted by molar-refractivity contribution is 6.05. The standard InChI is InChI=1S/C28H29FN4O/c29-25-9-8-21(18-30)17-23(25)22-11-15-32(16-12-22)28(34)24-19-33(26-7-4-13-31-27(24)26)14-10-20-5-2-1-3-6-20/h1-9,13,17,19,22H,10-12,14-16,18,30H2. The van der Waals surface area contributed by atoms with Crippen LogP contribution in [-0.2, 0) is 19.5 Å². The maximum atomic E-state index is 14.5. The smallest absolute Gasteiger partial charge is 0.257 e. The van der Waals surface area contributed by atoms with Gasteiger partial charge in [0.2, 0.25) is 0 Å². The molecule has 3 heterocycles. The number of nitrogens with zero attached hydrogens (tertiary/aromatic N) is 3. The number of rotatable bonds is 6. The Morgan fingerprint density at radius 1 is 1.03 bits per heavy atom. The molecule has 6 heteroatoms. The summed E-state index contributed by atoms with van der Waals surface area (Å²) in [5.74, 6) is -0.0923. The highest BCUT2D eigenvalue weighted by atomic mass is 19.1. The van der Waals surface area contributed by atoms with Gasteiger partial charge in [-0.25, -0.2) is 4.39 Å². The highest BCUT2D eigenvalue weighted by Gasteiger charge is 2.28. The van der Waals surface area contributed by atoms with Crippen molar-refractivity contribution in [3.05, 3.63) is 101 Å². The van der Waals surface area contributed by atoms with Crippen molar-refractivity contribution in [2.45, 2.75) is 38.3 Å². The molecule has 5 nitrogen and oxygen atoms in total. The Bertz CT molecular complexity index is 1290. The summed E-state index contributed by atoms with van der Waals surface area (Å²) in [6.45, 7) is 2.36. The van der Waals surface area contributed by atoms with Crippen molar-refractivity contribution in [2.75, 3.05) is 13.1 Å². The van der Waals surface area contributed by atoms with Crippen LogP contribution in [0.5, 0.6) is 0 Å². The summed E-state index contributed by atoms with van der Waals surface area (Å²) in [6, 6.07) is 19.4. The first-order valence-electron chi connectivity index (χ1n) is 11.9. The molecule has 0 unspecified atom stereocenters. The molecule has 1 fully saturated rings. The molecule has 0 atom stereocenters. The van der Waals surface area contributed by atoms with E-state index in [4.69, 9.17) is 5.73 Å². The summed E-state index contributed by atoms with van der Waals surface area (Å²) >= 11 is 0. The normalized spacial score (nSPS) is 14.6. The van der Waals surface area contributed by atoms with E-state index in [9.17, 15) is 9.18 Å². The molecule has 1 aliphatic rings. The van der Waals surface area contributed by atoms with E-state index in [2.05, 4.69) is 21.7 Å². The Labute approximate surface area is 199 Å². The Morgan fingerprint density at radius 3 is 2.59 bits per heavy atom. The molecule has 2 N–H and O–H groups in total. The van der Waals surface area contributed by atoms with E-state index in [-0.39, 0.29) is 17.6 Å². The minimum Gasteiger partial charge on any atom is -0.345 e. The second-order valence-electron chi connectivity index (χ2n) is 8.97. The van der Waals surface area contributed by atoms with Crippen molar-refractivity contribution in [2.24, 2.45) is 5.73 Å². The summed E-state index contributed by atoms with van der Waals surface area (Å²) < 4.78 is 16.6. The average Bonchev–Trinajstić information content (AvgIpc) is 3.27. The van der Waals surface area contributed by atoms with Gasteiger partial charge in [0.1, 0.15) is 11.3 Å². The van der Waals surface area contributed by atoms with Gasteiger partial charge in [-0.2, -0.15) is 0 Å². The van der Waals surface area contributed by atoms with Crippen LogP contribution in [-0.4, -0.2) is 33.4 Å². The van der Waals surface area contributed by atoms with Gasteiger partial charge in [-0.15, -0.1) is 0 Å². The van der Waals surface area contributed by atoms with Crippen LogP contribution in [0, 0.1) is 5.82 Å². The number of carbonyl (C=O) groups excluding carboxylic acids is 1. The first-order valence-corrected chi connectivity index (χ1v) is 11.9. The monoisotopic (exact) mass is 456 g/mol. The minimum atomic E-state index is -0.187. The lowest BCUT2D eigenvalue weighted by atomic mass is 9.88. The number of aryl methyl sites for hydroxylation is 2. The summed E-state index contributed by atoms with van der Waals surface area (Å²) in [5, 5.41) is 0. The zero-order chi connectivity index (χ0) is 23.5. The fourth-order valence-electron chi connectivity index (χ4n) is 4.96. The van der Waals surface area contributed by atoms with Crippen LogP contribution >= 0.6 is 0 Å². The van der Waals surface area contributed by atoms with Crippen LogP contribution < -0.4 is 5.73 Å². The topological polar surface area (TPSA) is 64.2 Å². The second kappa shape index (κ2) is 9.77. The van der Waals surface area contributed by atoms with Crippen molar-refractivity contribution >= 4 is 16.9 Å². The third kappa shape index (κ3) is 4.46. The fraction of sp³-hybridized carbons (Fsp3) is 0.286. The number of nitrogens with two attached hydrogens (primary N) is 1. The number of likely N-dealkylation sites (tertiary alicyclic amines) is 1. The van der Waals surface area contributed by atoms with Gasteiger partial charge in [-0.05, 0) is 60.1 Å². The van der Waals surface area contributed by atoms with Gasteiger partial charge in [0.05, 0.1) is 11.1 Å². The Hall–Kier alpha value is -3.51. The molecule has 0 spiro atoms. The summed E-state index contributed by atoms with van der Waals surface area (Å²) in [7, 11) is 0. The number of fused-ring (bicyclic) bond motifs is 1. The van der Waals surface area contributed by atoms with E-state index in [0.29, 0.717) is 30.8 Å². The van der Waals surface area contributed by atoms with E-state index in [0.717, 1.165) is 42.4 Å². The molecular weight excluding hydrogens is 427 g/mol. The molecule has 5 rings (SSSR count). The molecule has 0 saturated carbocycles. The molecule has 2 aromatic heterocycles. The maximum Gasteiger partial charge on any atom is 0.257 e. The molecule has 1 aliphatic heterocycles. The molecule has 2 aromatic carbocycles. The number of benzene rings is 2. The average molecular weight is 457 g/mol. The molecule has 0 radical (unpaired) electrons. The van der Waals surface area contributed by atoms with Crippen LogP contribution in [0.1, 0.15) is 45.8 Å². The lowest BCUT2D eigenvalue weighted by Crippen LogP contribution is -2.38. The molecular formula is C28H29FN4O. The summed E-state index contributed by atoms with van der Waals surface area (Å²) in [4.78, 5) is 19.9. The second-order valence-corrected chi connectivity index (χ2v) is 8.97. The Morgan fingerprint density at radius 2 is 1.82 bits per heavy atom. The molecule has 34 heavy (non-hydrogen) atoms. The first-order chi connectivity index (χ1) is 16.6. The zero-order valence-corrected chi connectivity index (χ0v) is 19.2. The number of halogens is 1. The van der Waals surface area contributed by atoms with Gasteiger partial charge in [0.15, 0.2) is 0 Å². The fourth-order valence-corrected chi connectivity index (χ4v) is 4.96. The van der Waals surface area contributed by atoms with E-state index < -0.39 is 0 Å². The van der Waals surface area contributed by atoms with Gasteiger partial charge >= 0.3 is 0 Å². The molecule has 4 aromatic rings. The largest absolute Gasteiger partial charge is 0.345 e. The number of aromatic nitrogens is 2. The third-order valence-corrected chi connectivity index (χ3v) is 6.87. The van der Waals surface area contributed by atoms with Crippen LogP contribution in [0.15, 0.2) is 73.1 Å². The summed E-state index contributed by atoms with van der Waals surface area (Å²) in [6.07, 6.45) is 6.03. The maximum absolute atomic E-state index is 14.5. The minimum absolute atomic E-state index is 0.00297. The van der Waals surface area contributed by atoms with Crippen LogP contribution in [0.4, 0.5) is 4.39 Å². The third-order valence-electron chi connectivity index (χ3n) is 6.87. The number of piperidine rings is 1. The number of hydrogen-bond acceptors (Lipinski definition) is 3. The van der Waals surface area contributed by atoms with Gasteiger partial charge in [-0.1, -0.05) is 42.5 Å². The van der Waals surface area contributed by atoms with E-state index in [1.165, 1.54) is 11.6 Å².